The van der Waals surface area contributed by atoms with Crippen molar-refractivity contribution >= 4 is 34.0 Å². The minimum absolute atomic E-state index is 0.193. The van der Waals surface area contributed by atoms with Gasteiger partial charge >= 0.3 is 0 Å². The van der Waals surface area contributed by atoms with Gasteiger partial charge in [-0.25, -0.2) is 0 Å². The van der Waals surface area contributed by atoms with E-state index < -0.39 is 0 Å². The van der Waals surface area contributed by atoms with E-state index in [-0.39, 0.29) is 11.2 Å². The molecule has 1 atom stereocenters. The maximum atomic E-state index is 12.1. The van der Waals surface area contributed by atoms with Crippen LogP contribution in [0.4, 0.5) is 5.00 Å². The molecule has 2 heterocycles. The van der Waals surface area contributed by atoms with Crippen LogP contribution in [0.1, 0.15) is 34.1 Å². The maximum absolute atomic E-state index is 12.1. The van der Waals surface area contributed by atoms with Crippen molar-refractivity contribution in [1.29, 1.82) is 0 Å². The molecule has 5 rings (SSSR count). The van der Waals surface area contributed by atoms with Crippen molar-refractivity contribution in [3.63, 3.8) is 0 Å². The van der Waals surface area contributed by atoms with Gasteiger partial charge in [-0.15, -0.1) is 21.5 Å². The van der Waals surface area contributed by atoms with Gasteiger partial charge in [0.2, 0.25) is 0 Å². The number of nitrogens with one attached hydrogen (secondary N) is 1. The molecule has 33 heavy (non-hydrogen) atoms. The van der Waals surface area contributed by atoms with Gasteiger partial charge in [-0.3, -0.25) is 9.36 Å². The first kappa shape index (κ1) is 21.7. The van der Waals surface area contributed by atoms with Crippen molar-refractivity contribution in [3.05, 3.63) is 76.7 Å². The lowest BCUT2D eigenvalue weighted by Crippen LogP contribution is -2.18. The fourth-order valence-electron chi connectivity index (χ4n) is 4.18. The van der Waals surface area contributed by atoms with Crippen LogP contribution in [0.3, 0.4) is 0 Å². The molecule has 0 radical (unpaired) electrons. The number of aromatic nitrogens is 3. The number of hydrogen-bond donors (Lipinski definition) is 2. The van der Waals surface area contributed by atoms with E-state index in [9.17, 15) is 4.79 Å². The molecule has 1 unspecified atom stereocenters. The first-order chi connectivity index (χ1) is 16.1. The molecule has 8 heteroatoms. The van der Waals surface area contributed by atoms with Crippen molar-refractivity contribution in [1.82, 2.24) is 14.8 Å². The first-order valence-corrected chi connectivity index (χ1v) is 12.7. The molecule has 0 saturated heterocycles. The van der Waals surface area contributed by atoms with Gasteiger partial charge in [0.25, 0.3) is 5.91 Å². The second-order valence-corrected chi connectivity index (χ2v) is 10.6. The van der Waals surface area contributed by atoms with Crippen molar-refractivity contribution < 1.29 is 4.79 Å². The highest BCUT2D eigenvalue weighted by molar-refractivity contribution is 7.99. The molecule has 0 fully saturated rings. The monoisotopic (exact) mass is 475 g/mol. The minimum atomic E-state index is -0.339. The Balaban J connectivity index is 1.38. The number of benzene rings is 2. The van der Waals surface area contributed by atoms with E-state index in [0.717, 1.165) is 52.1 Å². The maximum Gasteiger partial charge on any atom is 0.251 e. The van der Waals surface area contributed by atoms with E-state index in [0.29, 0.717) is 12.1 Å². The average molecular weight is 476 g/mol. The molecule has 0 bridgehead atoms. The molecule has 4 aromatic rings. The minimum Gasteiger partial charge on any atom is -0.375 e. The molecular formula is C25H25N5OS2. The first-order valence-electron chi connectivity index (χ1n) is 11.0. The number of amides is 1. The van der Waals surface area contributed by atoms with Gasteiger partial charge in [-0.05, 0) is 37.0 Å². The molecule has 2 aromatic heterocycles. The largest absolute Gasteiger partial charge is 0.375 e. The average Bonchev–Trinajstić information content (AvgIpc) is 3.53. The Labute approximate surface area is 201 Å². The number of thiophene rings is 1. The lowest BCUT2D eigenvalue weighted by atomic mass is 10.1. The van der Waals surface area contributed by atoms with Gasteiger partial charge in [0.15, 0.2) is 11.0 Å². The Morgan fingerprint density at radius 2 is 1.85 bits per heavy atom. The second kappa shape index (κ2) is 9.41. The molecule has 1 aliphatic rings. The summed E-state index contributed by atoms with van der Waals surface area (Å²) in [5.74, 6) is 0.476. The molecule has 1 aliphatic carbocycles. The molecule has 2 aromatic carbocycles. The Morgan fingerprint density at radius 1 is 1.12 bits per heavy atom. The third-order valence-corrected chi connectivity index (χ3v) is 8.00. The molecule has 6 nitrogen and oxygen atoms in total. The Morgan fingerprint density at radius 3 is 2.58 bits per heavy atom. The van der Waals surface area contributed by atoms with E-state index in [2.05, 4.69) is 39.1 Å². The summed E-state index contributed by atoms with van der Waals surface area (Å²) in [4.78, 5) is 13.4. The molecule has 1 amide bonds. The number of anilines is 1. The number of nitrogens with two attached hydrogens (primary N) is 1. The summed E-state index contributed by atoms with van der Waals surface area (Å²) in [5.41, 5.74) is 9.58. The number of fused-ring (bicyclic) bond motifs is 1. The van der Waals surface area contributed by atoms with Crippen LogP contribution in [0.5, 0.6) is 0 Å². The van der Waals surface area contributed by atoms with Crippen LogP contribution in [0.2, 0.25) is 0 Å². The van der Waals surface area contributed by atoms with Crippen molar-refractivity contribution in [2.75, 3.05) is 11.9 Å². The number of carbonyl (C=O) groups excluding carboxylic acids is 1. The predicted octanol–water partition coefficient (Wildman–Crippen LogP) is 5.18. The summed E-state index contributed by atoms with van der Waals surface area (Å²) in [6.07, 6.45) is 3.08. The summed E-state index contributed by atoms with van der Waals surface area (Å²) in [7, 11) is 0. The smallest absolute Gasteiger partial charge is 0.251 e. The number of nitrogens with zero attached hydrogens (tertiary/aromatic N) is 3. The van der Waals surface area contributed by atoms with Crippen LogP contribution in [-0.2, 0) is 12.8 Å². The number of hydrogen-bond acceptors (Lipinski definition) is 6. The lowest BCUT2D eigenvalue weighted by Gasteiger charge is -2.15. The van der Waals surface area contributed by atoms with Gasteiger partial charge in [0.05, 0.1) is 5.56 Å². The third-order valence-electron chi connectivity index (χ3n) is 5.70. The standard InChI is InChI=1S/C25H25N5OS2/c1-16(15-27-24-21(22(26)31)19-13-8-14-20(19)33-24)32-25-29-28-23(17-9-4-2-5-10-17)30(25)18-11-6-3-7-12-18/h2-7,9-12,16,27H,8,13-15H2,1H3,(H2,26,31). The van der Waals surface area contributed by atoms with Gasteiger partial charge in [0.1, 0.15) is 5.00 Å². The van der Waals surface area contributed by atoms with Crippen LogP contribution >= 0.6 is 23.1 Å². The van der Waals surface area contributed by atoms with Gasteiger partial charge in [-0.1, -0.05) is 67.2 Å². The predicted molar refractivity (Wildman–Crippen MR) is 135 cm³/mol. The summed E-state index contributed by atoms with van der Waals surface area (Å²) in [5, 5.41) is 14.4. The van der Waals surface area contributed by atoms with Crippen LogP contribution in [0.25, 0.3) is 17.1 Å². The van der Waals surface area contributed by atoms with Gasteiger partial charge in [0, 0.05) is 27.9 Å². The Kier molecular flexibility index (Phi) is 6.20. The van der Waals surface area contributed by atoms with Crippen LogP contribution in [-0.4, -0.2) is 32.5 Å². The number of para-hydroxylation sites is 1. The normalized spacial score (nSPS) is 13.6. The second-order valence-electron chi connectivity index (χ2n) is 8.08. The highest BCUT2D eigenvalue weighted by atomic mass is 32.2. The zero-order valence-electron chi connectivity index (χ0n) is 18.3. The number of primary amides is 1. The topological polar surface area (TPSA) is 85.8 Å². The molecule has 3 N–H and O–H groups in total. The quantitative estimate of drug-likeness (QED) is 0.343. The summed E-state index contributed by atoms with van der Waals surface area (Å²) in [6.45, 7) is 2.84. The van der Waals surface area contributed by atoms with E-state index in [1.807, 2.05) is 48.5 Å². The lowest BCUT2D eigenvalue weighted by molar-refractivity contribution is 0.100. The Bertz CT molecular complexity index is 1270. The van der Waals surface area contributed by atoms with Crippen LogP contribution < -0.4 is 11.1 Å². The highest BCUT2D eigenvalue weighted by Gasteiger charge is 2.25. The fourth-order valence-corrected chi connectivity index (χ4v) is 6.39. The van der Waals surface area contributed by atoms with E-state index in [1.165, 1.54) is 4.88 Å². The third kappa shape index (κ3) is 4.41. The number of aryl methyl sites for hydroxylation is 1. The SMILES string of the molecule is CC(CNc1sc2c(c1C(N)=O)CCC2)Sc1nnc(-c2ccccc2)n1-c1ccccc1. The number of carbonyl (C=O) groups is 1. The summed E-state index contributed by atoms with van der Waals surface area (Å²) >= 11 is 3.33. The van der Waals surface area contributed by atoms with Crippen molar-refractivity contribution in [2.24, 2.45) is 5.73 Å². The molecule has 0 spiro atoms. The van der Waals surface area contributed by atoms with Gasteiger partial charge < -0.3 is 11.1 Å². The van der Waals surface area contributed by atoms with E-state index >= 15 is 0 Å². The van der Waals surface area contributed by atoms with Crippen molar-refractivity contribution in [2.45, 2.75) is 36.6 Å². The van der Waals surface area contributed by atoms with Crippen molar-refractivity contribution in [3.8, 4) is 17.1 Å². The Hall–Kier alpha value is -3.10. The van der Waals surface area contributed by atoms with E-state index in [4.69, 9.17) is 5.73 Å². The zero-order valence-corrected chi connectivity index (χ0v) is 20.0. The summed E-state index contributed by atoms with van der Waals surface area (Å²) < 4.78 is 2.10. The molecule has 0 saturated carbocycles. The summed E-state index contributed by atoms with van der Waals surface area (Å²) in [6, 6.07) is 20.3. The molecule has 0 aliphatic heterocycles. The molecular weight excluding hydrogens is 450 g/mol. The fraction of sp³-hybridized carbons (Fsp3) is 0.240. The van der Waals surface area contributed by atoms with E-state index in [1.54, 1.807) is 23.1 Å². The number of thioether (sulfide) groups is 1. The van der Waals surface area contributed by atoms with Crippen LogP contribution in [0, 0.1) is 0 Å². The number of rotatable bonds is 8. The molecule has 168 valence electrons. The zero-order chi connectivity index (χ0) is 22.8. The van der Waals surface area contributed by atoms with Gasteiger partial charge in [-0.2, -0.15) is 0 Å². The van der Waals surface area contributed by atoms with Crippen LogP contribution in [0.15, 0.2) is 65.8 Å². The highest BCUT2D eigenvalue weighted by Crippen LogP contribution is 2.39.